The second-order valence-electron chi connectivity index (χ2n) is 6.83. The molecule has 1 saturated carbocycles. The van der Waals surface area contributed by atoms with Crippen LogP contribution in [0.2, 0.25) is 0 Å². The summed E-state index contributed by atoms with van der Waals surface area (Å²) >= 11 is 0. The summed E-state index contributed by atoms with van der Waals surface area (Å²) in [6.45, 7) is 4.41. The zero-order chi connectivity index (χ0) is 18.0. The number of nitrogens with two attached hydrogens (primary N) is 1. The average Bonchev–Trinajstić information content (AvgIpc) is 3.46. The number of ketones is 1. The van der Waals surface area contributed by atoms with Gasteiger partial charge in [-0.05, 0) is 55.9 Å². The van der Waals surface area contributed by atoms with E-state index in [1.165, 1.54) is 0 Å². The maximum absolute atomic E-state index is 12.9. The lowest BCUT2D eigenvalue weighted by Gasteiger charge is -2.17. The van der Waals surface area contributed by atoms with Crippen molar-refractivity contribution in [2.75, 3.05) is 6.54 Å². The number of carbonyl (C=O) groups is 2. The third kappa shape index (κ3) is 4.32. The fourth-order valence-corrected chi connectivity index (χ4v) is 3.03. The molecule has 1 aliphatic rings. The lowest BCUT2D eigenvalue weighted by molar-refractivity contribution is 0.0923. The molecule has 1 unspecified atom stereocenters. The van der Waals surface area contributed by atoms with Crippen LogP contribution in [0.15, 0.2) is 42.5 Å². The molecule has 1 amide bonds. The first-order valence-electron chi connectivity index (χ1n) is 8.73. The van der Waals surface area contributed by atoms with Crippen LogP contribution in [0, 0.1) is 19.8 Å². The Morgan fingerprint density at radius 3 is 2.31 bits per heavy atom. The lowest BCUT2D eigenvalue weighted by Crippen LogP contribution is -2.42. The highest BCUT2D eigenvalue weighted by Gasteiger charge is 2.32. The van der Waals surface area contributed by atoms with Crippen molar-refractivity contribution in [2.24, 2.45) is 11.7 Å². The molecule has 1 aliphatic carbocycles. The van der Waals surface area contributed by atoms with Gasteiger partial charge in [-0.25, -0.2) is 0 Å². The molecule has 0 bridgehead atoms. The molecule has 3 rings (SSSR count). The topological polar surface area (TPSA) is 72.2 Å². The molecular formula is C21H25ClN2O2. The molecule has 26 heavy (non-hydrogen) atoms. The fourth-order valence-electron chi connectivity index (χ4n) is 3.03. The average molecular weight is 373 g/mol. The SMILES string of the molecule is Cc1ccc(C(=O)c2ccccc2C(=O)NC(CN)C2CC2)cc1C.Cl. The Kier molecular flexibility index (Phi) is 6.57. The molecule has 0 radical (unpaired) electrons. The highest BCUT2D eigenvalue weighted by molar-refractivity contribution is 6.15. The molecule has 1 fully saturated rings. The van der Waals surface area contributed by atoms with Crippen LogP contribution in [-0.4, -0.2) is 24.3 Å². The quantitative estimate of drug-likeness (QED) is 0.763. The lowest BCUT2D eigenvalue weighted by atomic mass is 9.95. The maximum atomic E-state index is 12.9. The Balaban J connectivity index is 0.00000243. The van der Waals surface area contributed by atoms with Crippen LogP contribution in [0.4, 0.5) is 0 Å². The van der Waals surface area contributed by atoms with E-state index in [1.807, 2.05) is 32.0 Å². The molecule has 0 heterocycles. The van der Waals surface area contributed by atoms with E-state index in [0.717, 1.165) is 24.0 Å². The minimum atomic E-state index is -0.227. The first-order chi connectivity index (χ1) is 12.0. The molecule has 2 aromatic carbocycles. The van der Waals surface area contributed by atoms with Crippen LogP contribution in [0.5, 0.6) is 0 Å². The summed E-state index contributed by atoms with van der Waals surface area (Å²) in [7, 11) is 0. The van der Waals surface area contributed by atoms with Gasteiger partial charge in [0.2, 0.25) is 0 Å². The van der Waals surface area contributed by atoms with Gasteiger partial charge in [0.25, 0.3) is 5.91 Å². The van der Waals surface area contributed by atoms with Crippen LogP contribution < -0.4 is 11.1 Å². The molecule has 1 atom stereocenters. The summed E-state index contributed by atoms with van der Waals surface area (Å²) < 4.78 is 0. The van der Waals surface area contributed by atoms with Crippen molar-refractivity contribution < 1.29 is 9.59 Å². The molecule has 3 N–H and O–H groups in total. The van der Waals surface area contributed by atoms with Gasteiger partial charge in [0.05, 0.1) is 5.56 Å². The summed E-state index contributed by atoms with van der Waals surface area (Å²) in [5, 5.41) is 3.00. The van der Waals surface area contributed by atoms with Crippen LogP contribution in [-0.2, 0) is 0 Å². The van der Waals surface area contributed by atoms with E-state index < -0.39 is 0 Å². The van der Waals surface area contributed by atoms with Gasteiger partial charge in [0, 0.05) is 23.7 Å². The zero-order valence-corrected chi connectivity index (χ0v) is 15.9. The highest BCUT2D eigenvalue weighted by Crippen LogP contribution is 2.32. The Hall–Kier alpha value is -2.17. The van der Waals surface area contributed by atoms with Crippen molar-refractivity contribution >= 4 is 24.1 Å². The summed E-state index contributed by atoms with van der Waals surface area (Å²) in [6.07, 6.45) is 2.21. The largest absolute Gasteiger partial charge is 0.348 e. The number of amides is 1. The number of rotatable bonds is 6. The molecule has 138 valence electrons. The van der Waals surface area contributed by atoms with E-state index in [0.29, 0.717) is 29.2 Å². The molecule has 0 aliphatic heterocycles. The Morgan fingerprint density at radius 2 is 1.73 bits per heavy atom. The van der Waals surface area contributed by atoms with Crippen LogP contribution in [0.1, 0.15) is 50.2 Å². The Morgan fingerprint density at radius 1 is 1.08 bits per heavy atom. The van der Waals surface area contributed by atoms with E-state index in [-0.39, 0.29) is 30.1 Å². The highest BCUT2D eigenvalue weighted by atomic mass is 35.5. The monoisotopic (exact) mass is 372 g/mol. The van der Waals surface area contributed by atoms with Crippen molar-refractivity contribution in [3.63, 3.8) is 0 Å². The minimum Gasteiger partial charge on any atom is -0.348 e. The van der Waals surface area contributed by atoms with Crippen molar-refractivity contribution in [3.05, 3.63) is 70.3 Å². The van der Waals surface area contributed by atoms with E-state index in [2.05, 4.69) is 5.32 Å². The summed E-state index contributed by atoms with van der Waals surface area (Å²) in [5.74, 6) is 0.108. The number of halogens is 1. The standard InChI is InChI=1S/C21H24N2O2.ClH/c1-13-7-8-16(11-14(13)2)20(24)17-5-3-4-6-18(17)21(25)23-19(12-22)15-9-10-15;/h3-8,11,15,19H,9-10,12,22H2,1-2H3,(H,23,25);1H. The number of hydrogen-bond acceptors (Lipinski definition) is 3. The maximum Gasteiger partial charge on any atom is 0.252 e. The predicted molar refractivity (Wildman–Crippen MR) is 106 cm³/mol. The van der Waals surface area contributed by atoms with Crippen molar-refractivity contribution in [1.82, 2.24) is 5.32 Å². The van der Waals surface area contributed by atoms with Gasteiger partial charge < -0.3 is 11.1 Å². The van der Waals surface area contributed by atoms with E-state index in [9.17, 15) is 9.59 Å². The zero-order valence-electron chi connectivity index (χ0n) is 15.1. The summed E-state index contributed by atoms with van der Waals surface area (Å²) in [6, 6.07) is 12.6. The minimum absolute atomic E-state index is 0. The van der Waals surface area contributed by atoms with Crippen LogP contribution in [0.25, 0.3) is 0 Å². The van der Waals surface area contributed by atoms with Crippen molar-refractivity contribution in [1.29, 1.82) is 0 Å². The molecule has 4 nitrogen and oxygen atoms in total. The smallest absolute Gasteiger partial charge is 0.252 e. The third-order valence-corrected chi connectivity index (χ3v) is 4.95. The van der Waals surface area contributed by atoms with E-state index >= 15 is 0 Å². The van der Waals surface area contributed by atoms with Gasteiger partial charge >= 0.3 is 0 Å². The number of nitrogens with one attached hydrogen (secondary N) is 1. The number of aryl methyl sites for hydroxylation is 2. The fraction of sp³-hybridized carbons (Fsp3) is 0.333. The van der Waals surface area contributed by atoms with Crippen LogP contribution >= 0.6 is 12.4 Å². The summed E-state index contributed by atoms with van der Waals surface area (Å²) in [5.41, 5.74) is 9.41. The van der Waals surface area contributed by atoms with Crippen molar-refractivity contribution in [2.45, 2.75) is 32.7 Å². The van der Waals surface area contributed by atoms with E-state index in [1.54, 1.807) is 24.3 Å². The van der Waals surface area contributed by atoms with Gasteiger partial charge in [0.1, 0.15) is 0 Å². The number of hydrogen-bond donors (Lipinski definition) is 2. The molecule has 0 aromatic heterocycles. The Bertz CT molecular complexity index is 815. The third-order valence-electron chi connectivity index (χ3n) is 4.95. The van der Waals surface area contributed by atoms with Gasteiger partial charge in [-0.15, -0.1) is 12.4 Å². The first kappa shape index (κ1) is 20.1. The van der Waals surface area contributed by atoms with Gasteiger partial charge in [-0.2, -0.15) is 0 Å². The van der Waals surface area contributed by atoms with Crippen molar-refractivity contribution in [3.8, 4) is 0 Å². The normalized spacial score (nSPS) is 14.3. The predicted octanol–water partition coefficient (Wildman–Crippen LogP) is 3.42. The molecule has 2 aromatic rings. The second-order valence-corrected chi connectivity index (χ2v) is 6.83. The van der Waals surface area contributed by atoms with Crippen LogP contribution in [0.3, 0.4) is 0 Å². The second kappa shape index (κ2) is 8.47. The first-order valence-corrected chi connectivity index (χ1v) is 8.73. The Labute approximate surface area is 160 Å². The molecular weight excluding hydrogens is 348 g/mol. The number of benzene rings is 2. The molecule has 0 saturated heterocycles. The molecule has 5 heteroatoms. The van der Waals surface area contributed by atoms with Gasteiger partial charge in [0.15, 0.2) is 5.78 Å². The van der Waals surface area contributed by atoms with Gasteiger partial charge in [-0.3, -0.25) is 9.59 Å². The van der Waals surface area contributed by atoms with E-state index in [4.69, 9.17) is 5.73 Å². The van der Waals surface area contributed by atoms with Gasteiger partial charge in [-0.1, -0.05) is 30.3 Å². The number of carbonyl (C=O) groups excluding carboxylic acids is 2. The molecule has 0 spiro atoms. The summed E-state index contributed by atoms with van der Waals surface area (Å²) in [4.78, 5) is 25.6.